The van der Waals surface area contributed by atoms with Crippen LogP contribution in [-0.4, -0.2) is 41.8 Å². The molecule has 2 aromatic carbocycles. The molecule has 0 radical (unpaired) electrons. The summed E-state index contributed by atoms with van der Waals surface area (Å²) in [4.78, 5) is 18.7. The molecule has 1 atom stereocenters. The van der Waals surface area contributed by atoms with Crippen LogP contribution < -0.4 is 14.8 Å². The molecule has 0 saturated carbocycles. The summed E-state index contributed by atoms with van der Waals surface area (Å²) in [6.45, 7) is 0.469. The zero-order valence-corrected chi connectivity index (χ0v) is 15.7. The molecule has 2 N–H and O–H groups in total. The van der Waals surface area contributed by atoms with Crippen molar-refractivity contribution in [2.24, 2.45) is 0 Å². The van der Waals surface area contributed by atoms with Crippen LogP contribution in [0, 0.1) is 0 Å². The number of benzene rings is 2. The van der Waals surface area contributed by atoms with Crippen LogP contribution in [0.4, 0.5) is 9.93 Å². The molecule has 0 aliphatic carbocycles. The molecule has 0 fully saturated rings. The number of nitrogens with one attached hydrogen (secondary N) is 1. The third-order valence-corrected chi connectivity index (χ3v) is 5.54. The van der Waals surface area contributed by atoms with E-state index in [0.29, 0.717) is 28.7 Å². The number of para-hydroxylation sites is 1. The number of aliphatic hydroxyl groups excluding tert-OH is 1. The molecular formula is C19H19N3O4S. The Labute approximate surface area is 160 Å². The van der Waals surface area contributed by atoms with E-state index in [2.05, 4.69) is 10.3 Å². The summed E-state index contributed by atoms with van der Waals surface area (Å²) in [5, 5.41) is 14.0. The maximum atomic E-state index is 12.8. The molecule has 7 nitrogen and oxygen atoms in total. The van der Waals surface area contributed by atoms with Crippen LogP contribution in [-0.2, 0) is 6.54 Å². The fourth-order valence-corrected chi connectivity index (χ4v) is 4.18. The molecular weight excluding hydrogens is 366 g/mol. The molecule has 3 aromatic rings. The number of hydrogen-bond acceptors (Lipinski definition) is 6. The summed E-state index contributed by atoms with van der Waals surface area (Å²) in [6, 6.07) is 10.9. The lowest BCUT2D eigenvalue weighted by Gasteiger charge is -2.33. The van der Waals surface area contributed by atoms with E-state index in [0.717, 1.165) is 15.8 Å². The fraction of sp³-hybridized carbons (Fsp3) is 0.263. The normalized spacial score (nSPS) is 16.1. The van der Waals surface area contributed by atoms with E-state index >= 15 is 0 Å². The Balaban J connectivity index is 1.59. The van der Waals surface area contributed by atoms with E-state index in [1.165, 1.54) is 11.3 Å². The summed E-state index contributed by atoms with van der Waals surface area (Å²) < 4.78 is 11.8. The minimum absolute atomic E-state index is 0.160. The number of fused-ring (bicyclic) bond motifs is 2. The van der Waals surface area contributed by atoms with Crippen molar-refractivity contribution in [3.63, 3.8) is 0 Å². The zero-order chi connectivity index (χ0) is 19.0. The quantitative estimate of drug-likeness (QED) is 0.722. The van der Waals surface area contributed by atoms with Crippen LogP contribution in [0.15, 0.2) is 36.4 Å². The highest BCUT2D eigenvalue weighted by Gasteiger charge is 2.32. The Kier molecular flexibility index (Phi) is 4.59. The topological polar surface area (TPSA) is 83.9 Å². The lowest BCUT2D eigenvalue weighted by molar-refractivity contribution is 0.105. The van der Waals surface area contributed by atoms with Crippen molar-refractivity contribution >= 4 is 32.7 Å². The summed E-state index contributed by atoms with van der Waals surface area (Å²) in [7, 11) is 3.12. The molecule has 4 rings (SSSR count). The van der Waals surface area contributed by atoms with Gasteiger partial charge in [0.2, 0.25) is 0 Å². The number of rotatable bonds is 3. The molecule has 2 amide bonds. The number of nitrogens with zero attached hydrogens (tertiary/aromatic N) is 2. The number of β-amino-alcohol motifs (C(OH)–C–C–N with tert-alkyl or cyclic N) is 1. The molecule has 1 aliphatic rings. The Morgan fingerprint density at radius 1 is 1.22 bits per heavy atom. The van der Waals surface area contributed by atoms with Gasteiger partial charge < -0.3 is 19.5 Å². The lowest BCUT2D eigenvalue weighted by atomic mass is 9.95. The average molecular weight is 385 g/mol. The number of amides is 2. The van der Waals surface area contributed by atoms with Crippen molar-refractivity contribution in [1.82, 2.24) is 9.88 Å². The summed E-state index contributed by atoms with van der Waals surface area (Å²) in [5.74, 6) is 1.20. The Hall–Kier alpha value is -2.84. The zero-order valence-electron chi connectivity index (χ0n) is 14.9. The van der Waals surface area contributed by atoms with Crippen LogP contribution in [0.1, 0.15) is 17.2 Å². The highest BCUT2D eigenvalue weighted by atomic mass is 32.1. The minimum Gasteiger partial charge on any atom is -0.496 e. The number of aromatic nitrogens is 1. The van der Waals surface area contributed by atoms with Crippen LogP contribution in [0.5, 0.6) is 11.5 Å². The first-order valence-electron chi connectivity index (χ1n) is 8.44. The van der Waals surface area contributed by atoms with Crippen molar-refractivity contribution in [2.45, 2.75) is 12.6 Å². The standard InChI is InChI=1S/C19H19N3O4S/c1-25-14-7-8-15(26-2)17-11(14)9-22(10-13(17)23)19(24)21-18-20-12-5-3-4-6-16(12)27-18/h3-8,13,23H,9-10H2,1-2H3,(H,20,21,24). The van der Waals surface area contributed by atoms with Crippen molar-refractivity contribution in [3.8, 4) is 11.5 Å². The molecule has 1 aliphatic heterocycles. The second-order valence-electron chi connectivity index (χ2n) is 6.18. The van der Waals surface area contributed by atoms with Gasteiger partial charge >= 0.3 is 6.03 Å². The van der Waals surface area contributed by atoms with Gasteiger partial charge in [-0.1, -0.05) is 23.5 Å². The number of aliphatic hydroxyl groups is 1. The Bertz CT molecular complexity index is 971. The molecule has 8 heteroatoms. The molecule has 1 unspecified atom stereocenters. The highest BCUT2D eigenvalue weighted by Crippen LogP contribution is 2.39. The third-order valence-electron chi connectivity index (χ3n) is 4.58. The van der Waals surface area contributed by atoms with E-state index in [9.17, 15) is 9.90 Å². The van der Waals surface area contributed by atoms with Crippen molar-refractivity contribution in [3.05, 3.63) is 47.5 Å². The van der Waals surface area contributed by atoms with Crippen LogP contribution >= 0.6 is 11.3 Å². The van der Waals surface area contributed by atoms with E-state index in [4.69, 9.17) is 9.47 Å². The second-order valence-corrected chi connectivity index (χ2v) is 7.21. The van der Waals surface area contributed by atoms with Crippen LogP contribution in [0.2, 0.25) is 0 Å². The number of anilines is 1. The number of hydrogen-bond donors (Lipinski definition) is 2. The molecule has 0 spiro atoms. The van der Waals surface area contributed by atoms with Gasteiger partial charge in [0.25, 0.3) is 0 Å². The van der Waals surface area contributed by atoms with Gasteiger partial charge in [-0.15, -0.1) is 0 Å². The van der Waals surface area contributed by atoms with Gasteiger partial charge in [-0.3, -0.25) is 5.32 Å². The van der Waals surface area contributed by atoms with E-state index in [1.807, 2.05) is 24.3 Å². The maximum absolute atomic E-state index is 12.8. The molecule has 2 heterocycles. The molecule has 0 saturated heterocycles. The van der Waals surface area contributed by atoms with Gasteiger partial charge in [0, 0.05) is 11.1 Å². The number of urea groups is 1. The number of ether oxygens (including phenoxy) is 2. The number of thiazole rings is 1. The average Bonchev–Trinajstić information content (AvgIpc) is 3.09. The monoisotopic (exact) mass is 385 g/mol. The first-order chi connectivity index (χ1) is 13.1. The molecule has 140 valence electrons. The summed E-state index contributed by atoms with van der Waals surface area (Å²) >= 11 is 1.41. The Morgan fingerprint density at radius 2 is 1.96 bits per heavy atom. The Morgan fingerprint density at radius 3 is 2.70 bits per heavy atom. The van der Waals surface area contributed by atoms with Crippen molar-refractivity contribution < 1.29 is 19.4 Å². The van der Waals surface area contributed by atoms with E-state index < -0.39 is 6.10 Å². The molecule has 27 heavy (non-hydrogen) atoms. The van der Waals surface area contributed by atoms with E-state index in [-0.39, 0.29) is 12.6 Å². The van der Waals surface area contributed by atoms with Crippen LogP contribution in [0.25, 0.3) is 10.2 Å². The van der Waals surface area contributed by atoms with Gasteiger partial charge in [0.15, 0.2) is 5.13 Å². The van der Waals surface area contributed by atoms with Gasteiger partial charge in [-0.2, -0.15) is 0 Å². The lowest BCUT2D eigenvalue weighted by Crippen LogP contribution is -2.41. The van der Waals surface area contributed by atoms with Gasteiger partial charge in [0.1, 0.15) is 17.6 Å². The number of carbonyl (C=O) groups excluding carboxylic acids is 1. The van der Waals surface area contributed by atoms with Crippen molar-refractivity contribution in [1.29, 1.82) is 0 Å². The van der Waals surface area contributed by atoms with Crippen molar-refractivity contribution in [2.75, 3.05) is 26.1 Å². The first-order valence-corrected chi connectivity index (χ1v) is 9.25. The second kappa shape index (κ2) is 7.05. The minimum atomic E-state index is -0.861. The SMILES string of the molecule is COc1ccc(OC)c2c1CN(C(=O)Nc1nc3ccccc3s1)CC2O. The van der Waals surface area contributed by atoms with E-state index in [1.54, 1.807) is 31.3 Å². The molecule has 0 bridgehead atoms. The van der Waals surface area contributed by atoms with Gasteiger partial charge in [-0.05, 0) is 24.3 Å². The predicted octanol–water partition coefficient (Wildman–Crippen LogP) is 3.39. The highest BCUT2D eigenvalue weighted by molar-refractivity contribution is 7.22. The maximum Gasteiger partial charge on any atom is 0.324 e. The number of methoxy groups -OCH3 is 2. The smallest absolute Gasteiger partial charge is 0.324 e. The van der Waals surface area contributed by atoms with Crippen LogP contribution in [0.3, 0.4) is 0 Å². The number of carbonyl (C=O) groups is 1. The molecule has 1 aromatic heterocycles. The largest absolute Gasteiger partial charge is 0.496 e. The fourth-order valence-electron chi connectivity index (χ4n) is 3.33. The first kappa shape index (κ1) is 17.6. The third kappa shape index (κ3) is 3.17. The summed E-state index contributed by atoms with van der Waals surface area (Å²) in [6.07, 6.45) is -0.861. The van der Waals surface area contributed by atoms with Gasteiger partial charge in [-0.25, -0.2) is 9.78 Å². The van der Waals surface area contributed by atoms with Gasteiger partial charge in [0.05, 0.1) is 37.5 Å². The summed E-state index contributed by atoms with van der Waals surface area (Å²) in [5.41, 5.74) is 2.25. The predicted molar refractivity (Wildman–Crippen MR) is 104 cm³/mol.